The lowest BCUT2D eigenvalue weighted by Crippen LogP contribution is -2.24. The van der Waals surface area contributed by atoms with Crippen LogP contribution in [0, 0.1) is 12.7 Å². The zero-order valence-corrected chi connectivity index (χ0v) is 12.9. The molecule has 0 aliphatic rings. The normalized spacial score (nSPS) is 11.8. The number of sulfonamides is 1. The molecule has 0 unspecified atom stereocenters. The summed E-state index contributed by atoms with van der Waals surface area (Å²) >= 11 is 7.08. The second-order valence-corrected chi connectivity index (χ2v) is 7.11. The van der Waals surface area contributed by atoms with Crippen molar-refractivity contribution in [2.24, 2.45) is 0 Å². The van der Waals surface area contributed by atoms with E-state index >= 15 is 0 Å². The van der Waals surface area contributed by atoms with E-state index in [2.05, 4.69) is 4.72 Å². The standard InChI is InChI=1S/C12H12ClFN2O2S2/c1-7-5-19-6-8(7)4-16-20(17,18)11-3-9(15)2-10(13)12(11)14/h2-3,5-6,16H,4,15H2,1H3. The molecule has 20 heavy (non-hydrogen) atoms. The van der Waals surface area contributed by atoms with E-state index < -0.39 is 20.7 Å². The third-order valence-electron chi connectivity index (χ3n) is 2.72. The van der Waals surface area contributed by atoms with Crippen molar-refractivity contribution in [2.45, 2.75) is 18.4 Å². The molecule has 0 radical (unpaired) electrons. The number of thiophene rings is 1. The number of benzene rings is 1. The number of nitrogen functional groups attached to an aromatic ring is 1. The number of anilines is 1. The molecule has 3 N–H and O–H groups in total. The van der Waals surface area contributed by atoms with Crippen molar-refractivity contribution in [3.05, 3.63) is 44.9 Å². The lowest BCUT2D eigenvalue weighted by molar-refractivity contribution is 0.557. The average molecular weight is 335 g/mol. The summed E-state index contributed by atoms with van der Waals surface area (Å²) in [5.41, 5.74) is 7.40. The smallest absolute Gasteiger partial charge is 0.243 e. The first-order valence-corrected chi connectivity index (χ1v) is 8.37. The van der Waals surface area contributed by atoms with Crippen molar-refractivity contribution in [1.29, 1.82) is 0 Å². The molecular weight excluding hydrogens is 323 g/mol. The molecule has 0 amide bonds. The molecule has 8 heteroatoms. The number of nitrogens with one attached hydrogen (secondary N) is 1. The largest absolute Gasteiger partial charge is 0.399 e. The predicted octanol–water partition coefficient (Wildman–Crippen LogP) is 2.91. The zero-order valence-electron chi connectivity index (χ0n) is 10.5. The van der Waals surface area contributed by atoms with Gasteiger partial charge in [-0.3, -0.25) is 0 Å². The lowest BCUT2D eigenvalue weighted by atomic mass is 10.2. The fourth-order valence-electron chi connectivity index (χ4n) is 1.60. The van der Waals surface area contributed by atoms with Crippen molar-refractivity contribution in [2.75, 3.05) is 5.73 Å². The molecule has 0 fully saturated rings. The van der Waals surface area contributed by atoms with E-state index in [4.69, 9.17) is 17.3 Å². The van der Waals surface area contributed by atoms with Gasteiger partial charge in [-0.25, -0.2) is 17.5 Å². The SMILES string of the molecule is Cc1cscc1CNS(=O)(=O)c1cc(N)cc(Cl)c1F. The van der Waals surface area contributed by atoms with E-state index in [1.165, 1.54) is 17.4 Å². The van der Waals surface area contributed by atoms with Crippen LogP contribution < -0.4 is 10.5 Å². The molecule has 1 heterocycles. The summed E-state index contributed by atoms with van der Waals surface area (Å²) in [5.74, 6) is -1.00. The van der Waals surface area contributed by atoms with Gasteiger partial charge in [0.25, 0.3) is 0 Å². The minimum atomic E-state index is -4.01. The van der Waals surface area contributed by atoms with Crippen LogP contribution in [0.25, 0.3) is 0 Å². The molecule has 0 saturated heterocycles. The van der Waals surface area contributed by atoms with Crippen molar-refractivity contribution in [1.82, 2.24) is 4.72 Å². The third kappa shape index (κ3) is 3.12. The summed E-state index contributed by atoms with van der Waals surface area (Å²) in [6.07, 6.45) is 0. The molecule has 4 nitrogen and oxygen atoms in total. The van der Waals surface area contributed by atoms with Crippen LogP contribution in [0.3, 0.4) is 0 Å². The molecule has 108 valence electrons. The van der Waals surface area contributed by atoms with Gasteiger partial charge in [-0.2, -0.15) is 11.3 Å². The Hall–Kier alpha value is -1.15. The first-order valence-electron chi connectivity index (χ1n) is 5.57. The minimum Gasteiger partial charge on any atom is -0.399 e. The molecule has 0 aliphatic heterocycles. The average Bonchev–Trinajstić information content (AvgIpc) is 2.77. The fraction of sp³-hybridized carbons (Fsp3) is 0.167. The Morgan fingerprint density at radius 3 is 2.70 bits per heavy atom. The predicted molar refractivity (Wildman–Crippen MR) is 78.9 cm³/mol. The Morgan fingerprint density at radius 1 is 1.40 bits per heavy atom. The van der Waals surface area contributed by atoms with Gasteiger partial charge in [0.2, 0.25) is 10.0 Å². The topological polar surface area (TPSA) is 72.2 Å². The van der Waals surface area contributed by atoms with Gasteiger partial charge in [0, 0.05) is 12.2 Å². The van der Waals surface area contributed by atoms with E-state index in [1.807, 2.05) is 17.7 Å². The monoisotopic (exact) mass is 334 g/mol. The maximum absolute atomic E-state index is 13.8. The van der Waals surface area contributed by atoms with E-state index in [0.29, 0.717) is 0 Å². The number of nitrogens with two attached hydrogens (primary N) is 1. The zero-order chi connectivity index (χ0) is 14.9. The van der Waals surface area contributed by atoms with E-state index in [1.54, 1.807) is 0 Å². The van der Waals surface area contributed by atoms with Gasteiger partial charge in [0.05, 0.1) is 5.02 Å². The summed E-state index contributed by atoms with van der Waals surface area (Å²) in [6.45, 7) is 1.96. The Kier molecular flexibility index (Phi) is 4.33. The van der Waals surface area contributed by atoms with Gasteiger partial charge in [-0.1, -0.05) is 11.6 Å². The van der Waals surface area contributed by atoms with Crippen LogP contribution in [0.15, 0.2) is 27.8 Å². The molecule has 0 aliphatic carbocycles. The van der Waals surface area contributed by atoms with Crippen LogP contribution in [0.5, 0.6) is 0 Å². The second-order valence-electron chi connectivity index (χ2n) is 4.22. The number of hydrogen-bond acceptors (Lipinski definition) is 4. The van der Waals surface area contributed by atoms with Crippen LogP contribution in [0.2, 0.25) is 5.02 Å². The second kappa shape index (κ2) is 5.69. The molecule has 0 bridgehead atoms. The minimum absolute atomic E-state index is 0.0866. The molecule has 0 saturated carbocycles. The van der Waals surface area contributed by atoms with Crippen molar-refractivity contribution < 1.29 is 12.8 Å². The summed E-state index contributed by atoms with van der Waals surface area (Å²) in [5, 5.41) is 3.42. The molecule has 1 aromatic heterocycles. The van der Waals surface area contributed by atoms with Crippen molar-refractivity contribution in [3.63, 3.8) is 0 Å². The Bertz CT molecular complexity index is 744. The highest BCUT2D eigenvalue weighted by Crippen LogP contribution is 2.26. The molecule has 1 aromatic carbocycles. The van der Waals surface area contributed by atoms with Crippen LogP contribution in [-0.4, -0.2) is 8.42 Å². The van der Waals surface area contributed by atoms with Crippen molar-refractivity contribution in [3.8, 4) is 0 Å². The van der Waals surface area contributed by atoms with E-state index in [0.717, 1.165) is 17.2 Å². The highest BCUT2D eigenvalue weighted by Gasteiger charge is 2.22. The Morgan fingerprint density at radius 2 is 2.10 bits per heavy atom. The van der Waals surface area contributed by atoms with Gasteiger partial charge in [0.15, 0.2) is 5.82 Å². The Balaban J connectivity index is 2.29. The van der Waals surface area contributed by atoms with Crippen LogP contribution in [0.4, 0.5) is 10.1 Å². The summed E-state index contributed by atoms with van der Waals surface area (Å²) in [6, 6.07) is 2.21. The Labute approximate surface area is 125 Å². The van der Waals surface area contributed by atoms with Crippen molar-refractivity contribution >= 4 is 38.6 Å². The first-order chi connectivity index (χ1) is 9.31. The van der Waals surface area contributed by atoms with E-state index in [-0.39, 0.29) is 17.3 Å². The highest BCUT2D eigenvalue weighted by molar-refractivity contribution is 7.89. The molecular formula is C12H12ClFN2O2S2. The first kappa shape index (κ1) is 15.2. The fourth-order valence-corrected chi connectivity index (χ4v) is 3.88. The third-order valence-corrected chi connectivity index (χ3v) is 5.31. The molecule has 0 atom stereocenters. The summed E-state index contributed by atoms with van der Waals surface area (Å²) in [4.78, 5) is -0.546. The number of halogens is 2. The van der Waals surface area contributed by atoms with Gasteiger partial charge < -0.3 is 5.73 Å². The van der Waals surface area contributed by atoms with Gasteiger partial charge in [-0.05, 0) is 40.9 Å². The molecule has 2 aromatic rings. The van der Waals surface area contributed by atoms with Crippen LogP contribution in [-0.2, 0) is 16.6 Å². The highest BCUT2D eigenvalue weighted by atomic mass is 35.5. The molecule has 0 spiro atoms. The maximum atomic E-state index is 13.8. The van der Waals surface area contributed by atoms with Gasteiger partial charge >= 0.3 is 0 Å². The van der Waals surface area contributed by atoms with E-state index in [9.17, 15) is 12.8 Å². The quantitative estimate of drug-likeness (QED) is 0.844. The lowest BCUT2D eigenvalue weighted by Gasteiger charge is -2.09. The summed E-state index contributed by atoms with van der Waals surface area (Å²) < 4.78 is 40.4. The summed E-state index contributed by atoms with van der Waals surface area (Å²) in [7, 11) is -4.01. The number of hydrogen-bond donors (Lipinski definition) is 2. The molecule has 2 rings (SSSR count). The van der Waals surface area contributed by atoms with Gasteiger partial charge in [0.1, 0.15) is 4.90 Å². The van der Waals surface area contributed by atoms with Crippen LogP contribution >= 0.6 is 22.9 Å². The van der Waals surface area contributed by atoms with Gasteiger partial charge in [-0.15, -0.1) is 0 Å². The maximum Gasteiger partial charge on any atom is 0.243 e. The van der Waals surface area contributed by atoms with Crippen LogP contribution in [0.1, 0.15) is 11.1 Å². The number of rotatable bonds is 4. The number of aryl methyl sites for hydroxylation is 1.